The Balaban J connectivity index is 2.93. The predicted octanol–water partition coefficient (Wildman–Crippen LogP) is 1.48. The fourth-order valence-electron chi connectivity index (χ4n) is 1.70. The highest BCUT2D eigenvalue weighted by atomic mass is 32.2. The average molecular weight is 303 g/mol. The number of rotatable bonds is 7. The Morgan fingerprint density at radius 3 is 2.45 bits per heavy atom. The molecule has 1 N–H and O–H groups in total. The Kier molecular flexibility index (Phi) is 5.67. The smallest absolute Gasteiger partial charge is 0.335 e. The molecule has 0 radical (unpaired) electrons. The largest absolute Gasteiger partial charge is 0.410 e. The second-order valence-corrected chi connectivity index (χ2v) is 7.07. The third-order valence-electron chi connectivity index (χ3n) is 2.56. The van der Waals surface area contributed by atoms with Crippen molar-refractivity contribution in [3.63, 3.8) is 0 Å². The molecule has 0 aliphatic rings. The summed E-state index contributed by atoms with van der Waals surface area (Å²) in [5.41, 5.74) is 0. The molecule has 1 aromatic rings. The first-order valence-electron chi connectivity index (χ1n) is 6.56. The molecule has 1 amide bonds. The normalized spacial score (nSPS) is 13.4. The van der Waals surface area contributed by atoms with Crippen LogP contribution in [0.2, 0.25) is 0 Å². The van der Waals surface area contributed by atoms with Crippen molar-refractivity contribution in [2.45, 2.75) is 51.3 Å². The highest BCUT2D eigenvalue weighted by Crippen LogP contribution is 2.21. The monoisotopic (exact) mass is 303 g/mol. The van der Waals surface area contributed by atoms with Crippen LogP contribution in [-0.2, 0) is 14.6 Å². The standard InChI is InChI=1S/C12H21N3O4S/c1-5-6-10(16)13-9(7-8(2)3)11-14-15-12(19-11)20(4,17)18/h8-9H,5-7H2,1-4H3,(H,13,16)/t9-/m0/s1. The van der Waals surface area contributed by atoms with E-state index in [4.69, 9.17) is 4.42 Å². The van der Waals surface area contributed by atoms with Crippen LogP contribution in [0.4, 0.5) is 0 Å². The third-order valence-corrected chi connectivity index (χ3v) is 3.36. The molecule has 0 saturated heterocycles. The van der Waals surface area contributed by atoms with Crippen LogP contribution in [0.15, 0.2) is 9.64 Å². The van der Waals surface area contributed by atoms with Gasteiger partial charge in [-0.25, -0.2) is 8.42 Å². The van der Waals surface area contributed by atoms with Gasteiger partial charge in [-0.3, -0.25) is 4.79 Å². The van der Waals surface area contributed by atoms with Crippen molar-refractivity contribution in [1.29, 1.82) is 0 Å². The first-order chi connectivity index (χ1) is 9.24. The number of carbonyl (C=O) groups excluding carboxylic acids is 1. The highest BCUT2D eigenvalue weighted by Gasteiger charge is 2.24. The SMILES string of the molecule is CCCC(=O)N[C@@H](CC(C)C)c1nnc(S(C)(=O)=O)o1. The molecule has 1 atom stereocenters. The lowest BCUT2D eigenvalue weighted by molar-refractivity contribution is -0.122. The molecule has 1 aromatic heterocycles. The van der Waals surface area contributed by atoms with E-state index >= 15 is 0 Å². The van der Waals surface area contributed by atoms with Crippen LogP contribution in [-0.4, -0.2) is 30.8 Å². The topological polar surface area (TPSA) is 102 Å². The van der Waals surface area contributed by atoms with Gasteiger partial charge in [0.05, 0.1) is 0 Å². The Bertz CT molecular complexity index is 551. The van der Waals surface area contributed by atoms with Crippen molar-refractivity contribution in [2.24, 2.45) is 5.92 Å². The quantitative estimate of drug-likeness (QED) is 0.818. The molecule has 0 aromatic carbocycles. The maximum Gasteiger partial charge on any atom is 0.335 e. The van der Waals surface area contributed by atoms with Crippen molar-refractivity contribution in [3.05, 3.63) is 5.89 Å². The zero-order valence-electron chi connectivity index (χ0n) is 12.2. The number of sulfone groups is 1. The van der Waals surface area contributed by atoms with Gasteiger partial charge in [-0.15, -0.1) is 5.10 Å². The first kappa shape index (κ1) is 16.6. The van der Waals surface area contributed by atoms with Crippen molar-refractivity contribution in [1.82, 2.24) is 15.5 Å². The first-order valence-corrected chi connectivity index (χ1v) is 8.46. The minimum Gasteiger partial charge on any atom is -0.410 e. The molecule has 1 heterocycles. The summed E-state index contributed by atoms with van der Waals surface area (Å²) < 4.78 is 27.8. The van der Waals surface area contributed by atoms with Crippen molar-refractivity contribution in [2.75, 3.05) is 6.26 Å². The second kappa shape index (κ2) is 6.83. The number of aromatic nitrogens is 2. The Labute approximate surface area is 119 Å². The molecule has 0 aliphatic heterocycles. The molecule has 0 bridgehead atoms. The summed E-state index contributed by atoms with van der Waals surface area (Å²) in [5.74, 6) is 0.302. The van der Waals surface area contributed by atoms with Crippen LogP contribution in [0.1, 0.15) is 52.0 Å². The van der Waals surface area contributed by atoms with Crippen LogP contribution in [0, 0.1) is 5.92 Å². The number of hydrogen-bond donors (Lipinski definition) is 1. The van der Waals surface area contributed by atoms with Crippen molar-refractivity contribution >= 4 is 15.7 Å². The minimum atomic E-state index is -3.54. The number of carbonyl (C=O) groups is 1. The summed E-state index contributed by atoms with van der Waals surface area (Å²) in [5, 5.41) is 9.63. The van der Waals surface area contributed by atoms with Gasteiger partial charge < -0.3 is 9.73 Å². The van der Waals surface area contributed by atoms with Crippen LogP contribution in [0.25, 0.3) is 0 Å². The fourth-order valence-corrected chi connectivity index (χ4v) is 2.12. The summed E-state index contributed by atoms with van der Waals surface area (Å²) in [6.45, 7) is 5.89. The van der Waals surface area contributed by atoms with E-state index in [0.717, 1.165) is 12.7 Å². The number of amides is 1. The van der Waals surface area contributed by atoms with E-state index in [1.165, 1.54) is 0 Å². The Hall–Kier alpha value is -1.44. The minimum absolute atomic E-state index is 0.114. The van der Waals surface area contributed by atoms with E-state index in [9.17, 15) is 13.2 Å². The zero-order chi connectivity index (χ0) is 15.3. The lowest BCUT2D eigenvalue weighted by Gasteiger charge is -2.16. The third kappa shape index (κ3) is 4.92. The van der Waals surface area contributed by atoms with Gasteiger partial charge in [0.15, 0.2) is 0 Å². The molecule has 7 nitrogen and oxygen atoms in total. The maximum atomic E-state index is 11.7. The summed E-state index contributed by atoms with van der Waals surface area (Å²) in [6.07, 6.45) is 2.73. The van der Waals surface area contributed by atoms with E-state index in [1.807, 2.05) is 20.8 Å². The zero-order valence-corrected chi connectivity index (χ0v) is 13.0. The predicted molar refractivity (Wildman–Crippen MR) is 72.7 cm³/mol. The summed E-state index contributed by atoms with van der Waals surface area (Å²) in [6, 6.07) is -0.461. The van der Waals surface area contributed by atoms with Gasteiger partial charge in [-0.2, -0.15) is 0 Å². The fraction of sp³-hybridized carbons (Fsp3) is 0.750. The molecule has 0 spiro atoms. The van der Waals surface area contributed by atoms with E-state index in [0.29, 0.717) is 12.8 Å². The second-order valence-electron chi connectivity index (χ2n) is 5.18. The van der Waals surface area contributed by atoms with Crippen LogP contribution in [0.3, 0.4) is 0 Å². The van der Waals surface area contributed by atoms with E-state index < -0.39 is 21.1 Å². The van der Waals surface area contributed by atoms with Gasteiger partial charge in [0.1, 0.15) is 6.04 Å². The maximum absolute atomic E-state index is 11.7. The molecule has 0 saturated carbocycles. The number of nitrogens with zero attached hydrogens (tertiary/aromatic N) is 2. The molecule has 0 fully saturated rings. The van der Waals surface area contributed by atoms with Gasteiger partial charge >= 0.3 is 5.22 Å². The summed E-state index contributed by atoms with van der Waals surface area (Å²) >= 11 is 0. The van der Waals surface area contributed by atoms with E-state index in [2.05, 4.69) is 15.5 Å². The van der Waals surface area contributed by atoms with Crippen molar-refractivity contribution in [3.8, 4) is 0 Å². The van der Waals surface area contributed by atoms with Gasteiger partial charge in [0, 0.05) is 12.7 Å². The molecule has 20 heavy (non-hydrogen) atoms. The molecule has 8 heteroatoms. The molecular weight excluding hydrogens is 282 g/mol. The lowest BCUT2D eigenvalue weighted by Crippen LogP contribution is -2.29. The summed E-state index contributed by atoms with van der Waals surface area (Å²) in [7, 11) is -3.54. The summed E-state index contributed by atoms with van der Waals surface area (Å²) in [4.78, 5) is 11.7. The average Bonchev–Trinajstić information content (AvgIpc) is 2.76. The van der Waals surface area contributed by atoms with Crippen LogP contribution >= 0.6 is 0 Å². The highest BCUT2D eigenvalue weighted by molar-refractivity contribution is 7.90. The van der Waals surface area contributed by atoms with Crippen LogP contribution in [0.5, 0.6) is 0 Å². The lowest BCUT2D eigenvalue weighted by atomic mass is 10.0. The molecule has 0 unspecified atom stereocenters. The van der Waals surface area contributed by atoms with Gasteiger partial charge in [-0.05, 0) is 18.8 Å². The Morgan fingerprint density at radius 1 is 1.35 bits per heavy atom. The van der Waals surface area contributed by atoms with Gasteiger partial charge in [0.2, 0.25) is 21.6 Å². The molecular formula is C12H21N3O4S. The van der Waals surface area contributed by atoms with Gasteiger partial charge in [0.25, 0.3) is 0 Å². The van der Waals surface area contributed by atoms with Crippen molar-refractivity contribution < 1.29 is 17.6 Å². The van der Waals surface area contributed by atoms with E-state index in [-0.39, 0.29) is 17.7 Å². The number of nitrogens with one attached hydrogen (secondary N) is 1. The molecule has 1 rings (SSSR count). The van der Waals surface area contributed by atoms with Crippen LogP contribution < -0.4 is 5.32 Å². The Morgan fingerprint density at radius 2 is 2.00 bits per heavy atom. The molecule has 0 aliphatic carbocycles. The van der Waals surface area contributed by atoms with E-state index in [1.54, 1.807) is 0 Å². The van der Waals surface area contributed by atoms with Gasteiger partial charge in [-0.1, -0.05) is 25.9 Å². The molecule has 114 valence electrons. The number of hydrogen-bond acceptors (Lipinski definition) is 6.